The van der Waals surface area contributed by atoms with Crippen molar-refractivity contribution in [1.29, 1.82) is 0 Å². The molecule has 1 atom stereocenters. The molecule has 1 aliphatic carbocycles. The van der Waals surface area contributed by atoms with Crippen LogP contribution >= 0.6 is 0 Å². The van der Waals surface area contributed by atoms with Crippen molar-refractivity contribution in [3.05, 3.63) is 30.0 Å². The monoisotopic (exact) mass is 222 g/mol. The highest BCUT2D eigenvalue weighted by molar-refractivity contribution is 5.14. The van der Waals surface area contributed by atoms with Crippen molar-refractivity contribution in [3.63, 3.8) is 0 Å². The molecule has 1 heteroatoms. The van der Waals surface area contributed by atoms with E-state index in [9.17, 15) is 4.39 Å². The Bertz CT molecular complexity index is 276. The summed E-state index contributed by atoms with van der Waals surface area (Å²) in [7, 11) is 0. The Morgan fingerprint density at radius 1 is 1.44 bits per heavy atom. The van der Waals surface area contributed by atoms with Gasteiger partial charge in [-0.1, -0.05) is 19.6 Å². The van der Waals surface area contributed by atoms with Gasteiger partial charge in [-0.05, 0) is 62.5 Å². The molecule has 1 fully saturated rings. The van der Waals surface area contributed by atoms with Crippen LogP contribution in [0, 0.1) is 11.8 Å². The van der Waals surface area contributed by atoms with Crippen LogP contribution in [0.4, 0.5) is 4.39 Å². The highest BCUT2D eigenvalue weighted by Gasteiger charge is 2.24. The molecule has 0 spiro atoms. The number of hydrogen-bond acceptors (Lipinski definition) is 0. The molecule has 0 N–H and O–H groups in total. The van der Waals surface area contributed by atoms with Crippen LogP contribution in [-0.4, -0.2) is 6.17 Å². The minimum absolute atomic E-state index is 0.538. The molecule has 0 nitrogen and oxygen atoms in total. The van der Waals surface area contributed by atoms with Crippen LogP contribution < -0.4 is 0 Å². The summed E-state index contributed by atoms with van der Waals surface area (Å²) >= 11 is 0. The molecule has 1 saturated carbocycles. The zero-order valence-corrected chi connectivity index (χ0v) is 10.5. The van der Waals surface area contributed by atoms with Gasteiger partial charge in [-0.25, -0.2) is 4.39 Å². The van der Waals surface area contributed by atoms with Gasteiger partial charge in [0.25, 0.3) is 0 Å². The molecule has 1 rings (SSSR count). The maximum absolute atomic E-state index is 13.0. The molecule has 0 aromatic carbocycles. The molecule has 1 aliphatic rings. The topological polar surface area (TPSA) is 0 Å². The van der Waals surface area contributed by atoms with Crippen molar-refractivity contribution in [2.45, 2.75) is 52.1 Å². The molecule has 0 aliphatic heterocycles. The molecule has 16 heavy (non-hydrogen) atoms. The Kier molecular flexibility index (Phi) is 5.55. The van der Waals surface area contributed by atoms with Gasteiger partial charge in [0.15, 0.2) is 0 Å². The molecule has 0 radical (unpaired) electrons. The Hall–Kier alpha value is -0.810. The lowest BCUT2D eigenvalue weighted by atomic mass is 9.79. The minimum Gasteiger partial charge on any atom is -0.247 e. The van der Waals surface area contributed by atoms with Crippen LogP contribution in [-0.2, 0) is 0 Å². The fourth-order valence-electron chi connectivity index (χ4n) is 2.43. The van der Waals surface area contributed by atoms with Gasteiger partial charge in [-0.3, -0.25) is 0 Å². The van der Waals surface area contributed by atoms with Gasteiger partial charge < -0.3 is 0 Å². The zero-order chi connectivity index (χ0) is 12.0. The smallest absolute Gasteiger partial charge is 0.100 e. The Balaban J connectivity index is 2.37. The first kappa shape index (κ1) is 13.3. The van der Waals surface area contributed by atoms with Crippen LogP contribution in [0.25, 0.3) is 0 Å². The number of rotatable bonds is 4. The maximum atomic E-state index is 13.0. The fraction of sp³-hybridized carbons (Fsp3) is 0.667. The SMILES string of the molecule is C=C=C/C(C)=C\CC(C)C1CCC(F)CC1. The quantitative estimate of drug-likeness (QED) is 0.472. The van der Waals surface area contributed by atoms with Crippen molar-refractivity contribution in [1.82, 2.24) is 0 Å². The first-order valence-electron chi connectivity index (χ1n) is 6.30. The van der Waals surface area contributed by atoms with Crippen LogP contribution in [0.1, 0.15) is 46.0 Å². The van der Waals surface area contributed by atoms with Gasteiger partial charge in [-0.2, -0.15) is 0 Å². The summed E-state index contributed by atoms with van der Waals surface area (Å²) < 4.78 is 13.0. The minimum atomic E-state index is -0.538. The van der Waals surface area contributed by atoms with E-state index in [1.54, 1.807) is 0 Å². The predicted molar refractivity (Wildman–Crippen MR) is 68.1 cm³/mol. The fourth-order valence-corrected chi connectivity index (χ4v) is 2.43. The Morgan fingerprint density at radius 2 is 2.06 bits per heavy atom. The zero-order valence-electron chi connectivity index (χ0n) is 10.5. The van der Waals surface area contributed by atoms with E-state index in [0.717, 1.165) is 32.1 Å². The second-order valence-electron chi connectivity index (χ2n) is 5.02. The molecule has 0 aromatic heterocycles. The van der Waals surface area contributed by atoms with E-state index >= 15 is 0 Å². The predicted octanol–water partition coefficient (Wildman–Crippen LogP) is 4.83. The molecule has 0 bridgehead atoms. The van der Waals surface area contributed by atoms with Crippen molar-refractivity contribution >= 4 is 0 Å². The summed E-state index contributed by atoms with van der Waals surface area (Å²) in [5, 5.41) is 0. The second kappa shape index (κ2) is 6.70. The summed E-state index contributed by atoms with van der Waals surface area (Å²) in [4.78, 5) is 0. The average Bonchev–Trinajstić information content (AvgIpc) is 2.27. The Labute approximate surface area is 98.9 Å². The highest BCUT2D eigenvalue weighted by atomic mass is 19.1. The van der Waals surface area contributed by atoms with E-state index in [-0.39, 0.29) is 0 Å². The van der Waals surface area contributed by atoms with Gasteiger partial charge in [0, 0.05) is 0 Å². The van der Waals surface area contributed by atoms with E-state index in [1.165, 1.54) is 5.57 Å². The van der Waals surface area contributed by atoms with E-state index < -0.39 is 6.17 Å². The lowest BCUT2D eigenvalue weighted by Crippen LogP contribution is -2.20. The maximum Gasteiger partial charge on any atom is 0.100 e. The molecule has 0 amide bonds. The van der Waals surface area contributed by atoms with Gasteiger partial charge in [0.05, 0.1) is 0 Å². The molecular weight excluding hydrogens is 199 g/mol. The number of halogens is 1. The van der Waals surface area contributed by atoms with Crippen molar-refractivity contribution in [2.75, 3.05) is 0 Å². The van der Waals surface area contributed by atoms with Crippen LogP contribution in [0.3, 0.4) is 0 Å². The van der Waals surface area contributed by atoms with E-state index in [2.05, 4.69) is 32.2 Å². The summed E-state index contributed by atoms with van der Waals surface area (Å²) in [5.41, 5.74) is 4.01. The molecule has 90 valence electrons. The lowest BCUT2D eigenvalue weighted by molar-refractivity contribution is 0.173. The Morgan fingerprint density at radius 3 is 2.62 bits per heavy atom. The van der Waals surface area contributed by atoms with E-state index in [4.69, 9.17) is 0 Å². The van der Waals surface area contributed by atoms with Gasteiger partial charge in [-0.15, -0.1) is 5.73 Å². The van der Waals surface area contributed by atoms with Crippen LogP contribution in [0.15, 0.2) is 30.0 Å². The average molecular weight is 222 g/mol. The summed E-state index contributed by atoms with van der Waals surface area (Å²) in [5.74, 6) is 1.38. The second-order valence-corrected chi connectivity index (χ2v) is 5.02. The van der Waals surface area contributed by atoms with E-state index in [1.807, 2.05) is 6.08 Å². The van der Waals surface area contributed by atoms with Gasteiger partial charge in [0.2, 0.25) is 0 Å². The number of alkyl halides is 1. The molecule has 0 saturated heterocycles. The van der Waals surface area contributed by atoms with Gasteiger partial charge in [0.1, 0.15) is 6.17 Å². The third kappa shape index (κ3) is 4.37. The first-order valence-corrected chi connectivity index (χ1v) is 6.30. The van der Waals surface area contributed by atoms with Crippen molar-refractivity contribution in [3.8, 4) is 0 Å². The molecule has 1 unspecified atom stereocenters. The third-order valence-corrected chi connectivity index (χ3v) is 3.65. The molecule has 0 aromatic rings. The van der Waals surface area contributed by atoms with Crippen molar-refractivity contribution in [2.24, 2.45) is 11.8 Å². The largest absolute Gasteiger partial charge is 0.247 e. The normalized spacial score (nSPS) is 28.3. The first-order chi connectivity index (χ1) is 7.63. The van der Waals surface area contributed by atoms with Crippen LogP contribution in [0.5, 0.6) is 0 Å². The van der Waals surface area contributed by atoms with E-state index in [0.29, 0.717) is 11.8 Å². The highest BCUT2D eigenvalue weighted by Crippen LogP contribution is 2.33. The van der Waals surface area contributed by atoms with Crippen LogP contribution in [0.2, 0.25) is 0 Å². The third-order valence-electron chi connectivity index (χ3n) is 3.65. The number of allylic oxidation sites excluding steroid dienone is 3. The number of hydrogen-bond donors (Lipinski definition) is 0. The lowest BCUT2D eigenvalue weighted by Gasteiger charge is -2.28. The molecular formula is C15H23F. The summed E-state index contributed by atoms with van der Waals surface area (Å²) in [6.45, 7) is 7.92. The summed E-state index contributed by atoms with van der Waals surface area (Å²) in [6.07, 6.45) is 8.36. The van der Waals surface area contributed by atoms with Gasteiger partial charge >= 0.3 is 0 Å². The van der Waals surface area contributed by atoms with Crippen molar-refractivity contribution < 1.29 is 4.39 Å². The summed E-state index contributed by atoms with van der Waals surface area (Å²) in [6, 6.07) is 0. The standard InChI is InChI=1S/C15H23F/c1-4-5-12(2)6-7-13(3)14-8-10-15(16)11-9-14/h5-6,13-15H,1,7-11H2,2-3H3/b12-6-. The molecule has 0 heterocycles.